The molecule has 0 saturated heterocycles. The van der Waals surface area contributed by atoms with Gasteiger partial charge in [-0.3, -0.25) is 0 Å². The quantitative estimate of drug-likeness (QED) is 0.118. The van der Waals surface area contributed by atoms with Crippen LogP contribution in [0.15, 0.2) is 116 Å². The first-order valence-electron chi connectivity index (χ1n) is 17.4. The van der Waals surface area contributed by atoms with E-state index in [-0.39, 0.29) is 20.1 Å². The molecule has 1 unspecified atom stereocenters. The molecule has 2 nitrogen and oxygen atoms in total. The second-order valence-electron chi connectivity index (χ2n) is 14.6. The Bertz CT molecular complexity index is 2180. The van der Waals surface area contributed by atoms with E-state index in [1.165, 1.54) is 47.6 Å². The second kappa shape index (κ2) is 16.1. The average Bonchev–Trinajstić information content (AvgIpc) is 3.50. The number of hydrogen-bond donors (Lipinski definition) is 0. The Balaban J connectivity index is 0.000000211. The van der Waals surface area contributed by atoms with Gasteiger partial charge in [-0.05, 0) is 67.7 Å². The van der Waals surface area contributed by atoms with Crippen molar-refractivity contribution in [2.24, 2.45) is 5.92 Å². The van der Waals surface area contributed by atoms with E-state index in [0.29, 0.717) is 17.8 Å². The van der Waals surface area contributed by atoms with Crippen LogP contribution in [-0.4, -0.2) is 18.0 Å². The number of thiophene rings is 1. The van der Waals surface area contributed by atoms with Crippen LogP contribution < -0.4 is 5.19 Å². The number of nitrogens with zero attached hydrogens (tertiary/aromatic N) is 2. The number of rotatable bonds is 7. The predicted molar refractivity (Wildman–Crippen MR) is 216 cm³/mol. The summed E-state index contributed by atoms with van der Waals surface area (Å²) in [6.45, 7) is 18.5. The van der Waals surface area contributed by atoms with E-state index in [1.807, 2.05) is 41.8 Å². The van der Waals surface area contributed by atoms with Crippen molar-refractivity contribution in [3.8, 4) is 33.6 Å². The number of pyridine rings is 2. The number of aromatic nitrogens is 2. The van der Waals surface area contributed by atoms with Crippen LogP contribution in [-0.2, 0) is 20.1 Å². The molecule has 0 N–H and O–H groups in total. The predicted octanol–water partition coefficient (Wildman–Crippen LogP) is 12.6. The van der Waals surface area contributed by atoms with Gasteiger partial charge in [0.25, 0.3) is 0 Å². The molecule has 0 spiro atoms. The number of fused-ring (bicyclic) bond motifs is 3. The summed E-state index contributed by atoms with van der Waals surface area (Å²) in [5.41, 5.74) is 9.52. The Labute approximate surface area is 317 Å². The maximum atomic E-state index is 4.71. The Hall–Kier alpha value is -3.73. The molecule has 0 amide bonds. The SMILES string of the molecule is CC(C)C(C)c1ccnc(-c2[c-]ccc3c2sc2cc(-c4ccccc4)ccc23)c1.CC(C)c1cc(-c2[c-]cccc2)ncc1[Si](C)(C)C.[Ir]. The van der Waals surface area contributed by atoms with Crippen molar-refractivity contribution >= 4 is 44.8 Å². The maximum absolute atomic E-state index is 4.71. The zero-order valence-corrected chi connectivity index (χ0v) is 34.5. The summed E-state index contributed by atoms with van der Waals surface area (Å²) in [6.07, 6.45) is 4.04. The van der Waals surface area contributed by atoms with Gasteiger partial charge in [0.05, 0.1) is 8.07 Å². The molecule has 7 aromatic rings. The van der Waals surface area contributed by atoms with Crippen molar-refractivity contribution < 1.29 is 20.1 Å². The molecule has 257 valence electrons. The summed E-state index contributed by atoms with van der Waals surface area (Å²) in [4.78, 5) is 9.37. The Morgan fingerprint density at radius 2 is 1.44 bits per heavy atom. The minimum atomic E-state index is -1.34. The van der Waals surface area contributed by atoms with Crippen molar-refractivity contribution in [3.05, 3.63) is 139 Å². The molecule has 50 heavy (non-hydrogen) atoms. The summed E-state index contributed by atoms with van der Waals surface area (Å²) in [5, 5.41) is 4.06. The van der Waals surface area contributed by atoms with Crippen LogP contribution >= 0.6 is 11.3 Å². The molecule has 0 aliphatic heterocycles. The molecule has 7 rings (SSSR count). The normalized spacial score (nSPS) is 12.1. The maximum Gasteiger partial charge on any atom is 0.0799 e. The zero-order chi connectivity index (χ0) is 34.7. The minimum Gasteiger partial charge on any atom is -0.305 e. The molecule has 0 aliphatic carbocycles. The number of benzene rings is 4. The Kier molecular flexibility index (Phi) is 12.1. The van der Waals surface area contributed by atoms with Gasteiger partial charge in [-0.2, -0.15) is 11.3 Å². The van der Waals surface area contributed by atoms with Crippen molar-refractivity contribution in [3.63, 3.8) is 0 Å². The third kappa shape index (κ3) is 8.24. The molecule has 0 saturated carbocycles. The van der Waals surface area contributed by atoms with Crippen LogP contribution in [0.2, 0.25) is 19.6 Å². The van der Waals surface area contributed by atoms with Gasteiger partial charge >= 0.3 is 0 Å². The van der Waals surface area contributed by atoms with Gasteiger partial charge in [0, 0.05) is 37.2 Å². The second-order valence-corrected chi connectivity index (χ2v) is 20.7. The van der Waals surface area contributed by atoms with Gasteiger partial charge in [0.1, 0.15) is 0 Å². The topological polar surface area (TPSA) is 25.8 Å². The molecule has 1 atom stereocenters. The first-order valence-corrected chi connectivity index (χ1v) is 21.7. The molecule has 3 aromatic heterocycles. The van der Waals surface area contributed by atoms with E-state index in [1.54, 1.807) is 0 Å². The molecule has 4 aromatic carbocycles. The molecule has 0 bridgehead atoms. The molecule has 1 radical (unpaired) electrons. The van der Waals surface area contributed by atoms with Crippen LogP contribution in [0.25, 0.3) is 53.8 Å². The van der Waals surface area contributed by atoms with Crippen LogP contribution in [0.3, 0.4) is 0 Å². The fourth-order valence-electron chi connectivity index (χ4n) is 6.27. The van der Waals surface area contributed by atoms with E-state index in [4.69, 9.17) is 4.98 Å². The van der Waals surface area contributed by atoms with Crippen LogP contribution in [0.4, 0.5) is 0 Å². The van der Waals surface area contributed by atoms with Crippen molar-refractivity contribution in [1.29, 1.82) is 0 Å². The average molecular weight is 867 g/mol. The van der Waals surface area contributed by atoms with E-state index in [0.717, 1.165) is 22.5 Å². The van der Waals surface area contributed by atoms with Gasteiger partial charge in [0.2, 0.25) is 0 Å². The van der Waals surface area contributed by atoms with Crippen LogP contribution in [0.5, 0.6) is 0 Å². The standard InChI is InChI=1S/C28H24NS.C17H22NSi.Ir/c1-18(2)19(3)21-14-15-29-26(16-21)25-11-7-10-24-23-13-12-22(17-27(23)30-28(24)25)20-8-5-4-6-9-20;1-13(2)15-11-16(14-9-7-6-8-10-14)18-12-17(15)19(3,4)5;/h4-10,12-19H,1-3H3;6-9,11-13H,1-5H3;/q2*-1;. The van der Waals surface area contributed by atoms with E-state index in [2.05, 4.69) is 156 Å². The largest absolute Gasteiger partial charge is 0.305 e. The Morgan fingerprint density at radius 1 is 0.680 bits per heavy atom. The van der Waals surface area contributed by atoms with Gasteiger partial charge < -0.3 is 9.97 Å². The zero-order valence-electron chi connectivity index (χ0n) is 30.3. The first kappa shape index (κ1) is 37.5. The molecule has 0 aliphatic rings. The first-order chi connectivity index (χ1) is 23.5. The van der Waals surface area contributed by atoms with E-state index < -0.39 is 8.07 Å². The van der Waals surface area contributed by atoms with Crippen molar-refractivity contribution in [1.82, 2.24) is 9.97 Å². The monoisotopic (exact) mass is 867 g/mol. The molecular weight excluding hydrogens is 821 g/mol. The van der Waals surface area contributed by atoms with Crippen LogP contribution in [0.1, 0.15) is 57.6 Å². The fraction of sp³-hybridized carbons (Fsp3) is 0.244. The summed E-state index contributed by atoms with van der Waals surface area (Å²) in [7, 11) is -1.34. The van der Waals surface area contributed by atoms with E-state index >= 15 is 0 Å². The Morgan fingerprint density at radius 3 is 2.12 bits per heavy atom. The molecular formula is C45H46IrN2SSi-2. The smallest absolute Gasteiger partial charge is 0.0799 e. The van der Waals surface area contributed by atoms with Gasteiger partial charge in [-0.15, -0.1) is 59.7 Å². The minimum absolute atomic E-state index is 0. The summed E-state index contributed by atoms with van der Waals surface area (Å²) >= 11 is 1.84. The molecule has 3 heterocycles. The van der Waals surface area contributed by atoms with E-state index in [9.17, 15) is 0 Å². The summed E-state index contributed by atoms with van der Waals surface area (Å²) in [5.74, 6) is 1.63. The van der Waals surface area contributed by atoms with Crippen LogP contribution in [0, 0.1) is 18.1 Å². The summed E-state index contributed by atoms with van der Waals surface area (Å²) in [6, 6.07) is 43.0. The third-order valence-corrected chi connectivity index (χ3v) is 12.7. The van der Waals surface area contributed by atoms with Gasteiger partial charge in [0.15, 0.2) is 0 Å². The summed E-state index contributed by atoms with van der Waals surface area (Å²) < 4.78 is 2.57. The fourth-order valence-corrected chi connectivity index (χ4v) is 9.19. The number of hydrogen-bond acceptors (Lipinski definition) is 3. The van der Waals surface area contributed by atoms with Crippen molar-refractivity contribution in [2.45, 2.75) is 66.1 Å². The molecule has 0 fully saturated rings. The van der Waals surface area contributed by atoms with Crippen molar-refractivity contribution in [2.75, 3.05) is 0 Å². The van der Waals surface area contributed by atoms with Gasteiger partial charge in [-0.25, -0.2) is 0 Å². The van der Waals surface area contributed by atoms with Gasteiger partial charge in [-0.1, -0.05) is 125 Å². The molecule has 5 heteroatoms. The third-order valence-electron chi connectivity index (χ3n) is 9.46.